The van der Waals surface area contributed by atoms with Gasteiger partial charge in [-0.05, 0) is 39.7 Å². The SMILES string of the molecule is CC(C)=CC(=O)OCC1=C2/C(=C\C3(C)CCC(O)(CC[C@@H]2O)O3)OC1=O. The van der Waals surface area contributed by atoms with Crippen molar-refractivity contribution in [3.8, 4) is 0 Å². The van der Waals surface area contributed by atoms with E-state index in [1.165, 1.54) is 6.08 Å². The highest BCUT2D eigenvalue weighted by Crippen LogP contribution is 2.44. The quantitative estimate of drug-likeness (QED) is 0.580. The van der Waals surface area contributed by atoms with E-state index >= 15 is 0 Å². The number of rotatable bonds is 3. The van der Waals surface area contributed by atoms with Crippen molar-refractivity contribution in [3.63, 3.8) is 0 Å². The first kappa shape index (κ1) is 18.8. The average Bonchev–Trinajstić information content (AvgIpc) is 2.99. The largest absolute Gasteiger partial charge is 0.457 e. The normalized spacial score (nSPS) is 35.5. The summed E-state index contributed by atoms with van der Waals surface area (Å²) in [5.41, 5.74) is 0.404. The Balaban J connectivity index is 1.92. The van der Waals surface area contributed by atoms with Crippen molar-refractivity contribution < 1.29 is 34.0 Å². The highest BCUT2D eigenvalue weighted by Gasteiger charge is 2.48. The molecule has 1 fully saturated rings. The Hall–Kier alpha value is -1.96. The molecule has 0 radical (unpaired) electrons. The van der Waals surface area contributed by atoms with Crippen LogP contribution >= 0.6 is 0 Å². The van der Waals surface area contributed by atoms with E-state index < -0.39 is 29.4 Å². The first-order chi connectivity index (χ1) is 12.1. The molecule has 1 saturated heterocycles. The van der Waals surface area contributed by atoms with Gasteiger partial charge in [-0.25, -0.2) is 9.59 Å². The predicted octanol–water partition coefficient (Wildman–Crippen LogP) is 1.65. The van der Waals surface area contributed by atoms with Crippen LogP contribution in [0.2, 0.25) is 0 Å². The van der Waals surface area contributed by atoms with Crippen LogP contribution in [0.4, 0.5) is 0 Å². The zero-order chi connectivity index (χ0) is 19.1. The highest BCUT2D eigenvalue weighted by molar-refractivity contribution is 5.95. The van der Waals surface area contributed by atoms with E-state index in [0.717, 1.165) is 5.57 Å². The second-order valence-electron chi connectivity index (χ2n) is 7.54. The summed E-state index contributed by atoms with van der Waals surface area (Å²) in [7, 11) is 0. The van der Waals surface area contributed by atoms with Crippen molar-refractivity contribution in [1.82, 2.24) is 0 Å². The molecule has 0 amide bonds. The molecule has 7 nitrogen and oxygen atoms in total. The van der Waals surface area contributed by atoms with Crippen molar-refractivity contribution in [2.45, 2.75) is 63.9 Å². The molecule has 0 aromatic heterocycles. The Morgan fingerprint density at radius 1 is 1.38 bits per heavy atom. The lowest BCUT2D eigenvalue weighted by Gasteiger charge is -2.26. The molecule has 2 N–H and O–H groups in total. The molecule has 2 unspecified atom stereocenters. The number of fused-ring (bicyclic) bond motifs is 3. The van der Waals surface area contributed by atoms with Gasteiger partial charge in [-0.2, -0.15) is 0 Å². The first-order valence-corrected chi connectivity index (χ1v) is 8.72. The van der Waals surface area contributed by atoms with Gasteiger partial charge in [0.15, 0.2) is 5.79 Å². The van der Waals surface area contributed by atoms with Crippen molar-refractivity contribution >= 4 is 11.9 Å². The van der Waals surface area contributed by atoms with E-state index in [-0.39, 0.29) is 30.8 Å². The van der Waals surface area contributed by atoms with Gasteiger partial charge in [0.05, 0.1) is 17.3 Å². The maximum absolute atomic E-state index is 12.3. The molecule has 0 aliphatic carbocycles. The molecular weight excluding hydrogens is 340 g/mol. The minimum Gasteiger partial charge on any atom is -0.457 e. The Morgan fingerprint density at radius 2 is 2.12 bits per heavy atom. The summed E-state index contributed by atoms with van der Waals surface area (Å²) in [4.78, 5) is 24.0. The summed E-state index contributed by atoms with van der Waals surface area (Å²) in [6.45, 7) is 5.04. The zero-order valence-electron chi connectivity index (χ0n) is 15.2. The molecule has 3 aliphatic heterocycles. The van der Waals surface area contributed by atoms with Crippen molar-refractivity contribution in [2.75, 3.05) is 6.61 Å². The number of hydrogen-bond donors (Lipinski definition) is 2. The van der Waals surface area contributed by atoms with Gasteiger partial charge in [-0.1, -0.05) is 5.57 Å². The third-order valence-corrected chi connectivity index (χ3v) is 4.82. The number of carbonyl (C=O) groups excluding carboxylic acids is 2. The van der Waals surface area contributed by atoms with Crippen LogP contribution in [-0.2, 0) is 23.8 Å². The van der Waals surface area contributed by atoms with Crippen LogP contribution in [0, 0.1) is 0 Å². The lowest BCUT2D eigenvalue weighted by Crippen LogP contribution is -2.33. The van der Waals surface area contributed by atoms with Crippen LogP contribution in [0.5, 0.6) is 0 Å². The Kier molecular flexibility index (Phi) is 4.81. The van der Waals surface area contributed by atoms with E-state index in [4.69, 9.17) is 14.2 Å². The van der Waals surface area contributed by atoms with Crippen molar-refractivity contribution in [1.29, 1.82) is 0 Å². The molecule has 0 saturated carbocycles. The third kappa shape index (κ3) is 3.75. The minimum absolute atomic E-state index is 0.118. The van der Waals surface area contributed by atoms with Gasteiger partial charge in [-0.3, -0.25) is 0 Å². The number of carbonyl (C=O) groups is 2. The number of allylic oxidation sites excluding steroid dienone is 1. The summed E-state index contributed by atoms with van der Waals surface area (Å²) in [6.07, 6.45) is 3.36. The summed E-state index contributed by atoms with van der Waals surface area (Å²) in [5, 5.41) is 21.1. The maximum Gasteiger partial charge on any atom is 0.343 e. The lowest BCUT2D eigenvalue weighted by molar-refractivity contribution is -0.212. The van der Waals surface area contributed by atoms with E-state index in [2.05, 4.69) is 0 Å². The fourth-order valence-electron chi connectivity index (χ4n) is 3.55. The number of hydrogen-bond acceptors (Lipinski definition) is 7. The lowest BCUT2D eigenvalue weighted by atomic mass is 9.91. The van der Waals surface area contributed by atoms with Crippen LogP contribution < -0.4 is 0 Å². The van der Waals surface area contributed by atoms with E-state index in [0.29, 0.717) is 18.4 Å². The molecule has 0 aromatic carbocycles. The van der Waals surface area contributed by atoms with Gasteiger partial charge in [0.25, 0.3) is 0 Å². The predicted molar refractivity (Wildman–Crippen MR) is 90.5 cm³/mol. The smallest absolute Gasteiger partial charge is 0.343 e. The van der Waals surface area contributed by atoms with Crippen LogP contribution in [0.15, 0.2) is 34.6 Å². The Bertz CT molecular complexity index is 728. The molecule has 3 atom stereocenters. The van der Waals surface area contributed by atoms with Gasteiger partial charge >= 0.3 is 11.9 Å². The van der Waals surface area contributed by atoms with Crippen LogP contribution in [-0.4, -0.2) is 46.3 Å². The molecule has 142 valence electrons. The molecular formula is C19H24O7. The summed E-state index contributed by atoms with van der Waals surface area (Å²) >= 11 is 0. The monoisotopic (exact) mass is 364 g/mol. The standard InChI is InChI=1S/C19H24O7/c1-11(2)8-15(21)24-10-12-16-13(20)4-5-19(23)7-6-18(3,26-19)9-14(16)25-17(12)22/h8-9,13,20,23H,4-7,10H2,1-3H3/b14-9+/t13-,18?,19?/m0/s1. The van der Waals surface area contributed by atoms with Crippen LogP contribution in [0.25, 0.3) is 0 Å². The fraction of sp³-hybridized carbons (Fsp3) is 0.579. The van der Waals surface area contributed by atoms with E-state index in [1.54, 1.807) is 26.8 Å². The molecule has 7 heteroatoms. The molecule has 0 spiro atoms. The number of esters is 2. The van der Waals surface area contributed by atoms with Crippen molar-refractivity contribution in [3.05, 3.63) is 34.6 Å². The van der Waals surface area contributed by atoms with Crippen LogP contribution in [0.3, 0.4) is 0 Å². The number of aliphatic hydroxyl groups excluding tert-OH is 1. The Labute approximate surface area is 151 Å². The van der Waals surface area contributed by atoms with Gasteiger partial charge in [0.2, 0.25) is 0 Å². The minimum atomic E-state index is -1.30. The first-order valence-electron chi connectivity index (χ1n) is 8.72. The molecule has 26 heavy (non-hydrogen) atoms. The fourth-order valence-corrected chi connectivity index (χ4v) is 3.55. The van der Waals surface area contributed by atoms with Gasteiger partial charge in [0.1, 0.15) is 12.4 Å². The average molecular weight is 364 g/mol. The van der Waals surface area contributed by atoms with Crippen molar-refractivity contribution in [2.24, 2.45) is 0 Å². The van der Waals surface area contributed by atoms with Gasteiger partial charge in [-0.15, -0.1) is 0 Å². The molecule has 3 rings (SSSR count). The number of ether oxygens (including phenoxy) is 3. The van der Waals surface area contributed by atoms with E-state index in [9.17, 15) is 19.8 Å². The van der Waals surface area contributed by atoms with Gasteiger partial charge < -0.3 is 24.4 Å². The summed E-state index contributed by atoms with van der Waals surface area (Å²) < 4.78 is 16.2. The topological polar surface area (TPSA) is 102 Å². The summed E-state index contributed by atoms with van der Waals surface area (Å²) in [6, 6.07) is 0. The van der Waals surface area contributed by atoms with E-state index in [1.807, 2.05) is 0 Å². The molecule has 2 bridgehead atoms. The summed E-state index contributed by atoms with van der Waals surface area (Å²) in [5.74, 6) is -2.30. The highest BCUT2D eigenvalue weighted by atomic mass is 16.6. The Morgan fingerprint density at radius 3 is 2.81 bits per heavy atom. The molecule has 0 aromatic rings. The third-order valence-electron chi connectivity index (χ3n) is 4.82. The zero-order valence-corrected chi connectivity index (χ0v) is 15.2. The molecule has 3 heterocycles. The second kappa shape index (κ2) is 6.64. The number of aliphatic hydroxyl groups is 2. The van der Waals surface area contributed by atoms with Crippen LogP contribution in [0.1, 0.15) is 46.5 Å². The van der Waals surface area contributed by atoms with Gasteiger partial charge in [0, 0.05) is 24.5 Å². The second-order valence-corrected chi connectivity index (χ2v) is 7.54. The molecule has 3 aliphatic rings. The maximum atomic E-state index is 12.3.